The number of rotatable bonds is 4. The molecule has 1 N–H and O–H groups in total. The van der Waals surface area contributed by atoms with Gasteiger partial charge in [0.25, 0.3) is 5.92 Å². The van der Waals surface area contributed by atoms with Crippen LogP contribution in [0.5, 0.6) is 0 Å². The van der Waals surface area contributed by atoms with Crippen molar-refractivity contribution in [2.45, 2.75) is 57.8 Å². The summed E-state index contributed by atoms with van der Waals surface area (Å²) < 4.78 is 40.9. The molecule has 3 rings (SSSR count). The highest BCUT2D eigenvalue weighted by Gasteiger charge is 2.38. The summed E-state index contributed by atoms with van der Waals surface area (Å²) in [4.78, 5) is 12.9. The molecule has 0 atom stereocenters. The Morgan fingerprint density at radius 1 is 1.19 bits per heavy atom. The fourth-order valence-corrected chi connectivity index (χ4v) is 4.49. The molecule has 3 nitrogen and oxygen atoms in total. The van der Waals surface area contributed by atoms with E-state index in [0.717, 1.165) is 64.6 Å². The van der Waals surface area contributed by atoms with Gasteiger partial charge in [-0.15, -0.1) is 0 Å². The summed E-state index contributed by atoms with van der Waals surface area (Å²) in [6, 6.07) is 3.63. The lowest BCUT2D eigenvalue weighted by atomic mass is 9.65. The monoisotopic (exact) mass is 369 g/mol. The Kier molecular flexibility index (Phi) is 5.22. The molecule has 0 radical (unpaired) electrons. The topological polar surface area (TPSA) is 40.5 Å². The van der Waals surface area contributed by atoms with Gasteiger partial charge < -0.3 is 10.0 Å². The van der Waals surface area contributed by atoms with Crippen LogP contribution in [0.1, 0.15) is 57.4 Å². The summed E-state index contributed by atoms with van der Waals surface area (Å²) in [6.45, 7) is 2.23. The third-order valence-corrected chi connectivity index (χ3v) is 6.21. The molecule has 1 aromatic carbocycles. The van der Waals surface area contributed by atoms with E-state index in [1.807, 2.05) is 4.90 Å². The predicted octanol–water partition coefficient (Wildman–Crippen LogP) is 5.19. The van der Waals surface area contributed by atoms with E-state index in [4.69, 9.17) is 5.11 Å². The smallest absolute Gasteiger partial charge is 0.303 e. The fourth-order valence-electron chi connectivity index (χ4n) is 4.49. The van der Waals surface area contributed by atoms with Gasteiger partial charge in [0.2, 0.25) is 0 Å². The SMILES string of the molecule is CC(F)(F)c1cc(F)cc(N2CCC3(CCC(CC(=O)O)CC3)CC2)c1. The number of carboxylic acids is 1. The van der Waals surface area contributed by atoms with Crippen LogP contribution in [-0.2, 0) is 10.7 Å². The van der Waals surface area contributed by atoms with Gasteiger partial charge in [0.15, 0.2) is 0 Å². The van der Waals surface area contributed by atoms with Crippen molar-refractivity contribution >= 4 is 11.7 Å². The van der Waals surface area contributed by atoms with Crippen LogP contribution in [0, 0.1) is 17.2 Å². The first-order valence-electron chi connectivity index (χ1n) is 9.33. The highest BCUT2D eigenvalue weighted by atomic mass is 19.3. The molecule has 1 aromatic rings. The standard InChI is InChI=1S/C20H26F3NO2/c1-19(22,23)15-11-16(21)13-17(12-15)24-8-6-20(7-9-24)4-2-14(3-5-20)10-18(25)26/h11-14H,2-10H2,1H3,(H,25,26). The zero-order valence-corrected chi connectivity index (χ0v) is 15.1. The van der Waals surface area contributed by atoms with E-state index in [1.54, 1.807) is 0 Å². The van der Waals surface area contributed by atoms with Gasteiger partial charge in [-0.3, -0.25) is 4.79 Å². The van der Waals surface area contributed by atoms with Crippen molar-refractivity contribution in [1.29, 1.82) is 0 Å². The van der Waals surface area contributed by atoms with E-state index in [0.29, 0.717) is 5.69 Å². The summed E-state index contributed by atoms with van der Waals surface area (Å²) in [5.74, 6) is -4.14. The van der Waals surface area contributed by atoms with Gasteiger partial charge in [-0.1, -0.05) is 0 Å². The minimum atomic E-state index is -3.06. The van der Waals surface area contributed by atoms with Gasteiger partial charge in [-0.05, 0) is 68.1 Å². The molecule has 1 saturated carbocycles. The Labute approximate surface area is 152 Å². The van der Waals surface area contributed by atoms with E-state index in [-0.39, 0.29) is 23.3 Å². The second-order valence-electron chi connectivity index (χ2n) is 8.11. The van der Waals surface area contributed by atoms with E-state index in [1.165, 1.54) is 12.1 Å². The molecule has 0 aromatic heterocycles. The molecule has 26 heavy (non-hydrogen) atoms. The summed E-state index contributed by atoms with van der Waals surface area (Å²) >= 11 is 0. The number of anilines is 1. The lowest BCUT2D eigenvalue weighted by Crippen LogP contribution is -2.42. The Morgan fingerprint density at radius 2 is 1.81 bits per heavy atom. The van der Waals surface area contributed by atoms with Crippen molar-refractivity contribution in [3.8, 4) is 0 Å². The maximum atomic E-state index is 13.8. The molecule has 6 heteroatoms. The number of piperidine rings is 1. The average molecular weight is 369 g/mol. The summed E-state index contributed by atoms with van der Waals surface area (Å²) in [5.41, 5.74) is 0.467. The number of carboxylic acid groups (broad SMARTS) is 1. The van der Waals surface area contributed by atoms with Crippen LogP contribution in [0.25, 0.3) is 0 Å². The van der Waals surface area contributed by atoms with E-state index < -0.39 is 17.7 Å². The highest BCUT2D eigenvalue weighted by Crippen LogP contribution is 2.47. The lowest BCUT2D eigenvalue weighted by molar-refractivity contribution is -0.138. The number of nitrogens with zero attached hydrogens (tertiary/aromatic N) is 1. The maximum absolute atomic E-state index is 13.8. The number of hydrogen-bond acceptors (Lipinski definition) is 2. The van der Waals surface area contributed by atoms with Crippen molar-refractivity contribution in [1.82, 2.24) is 0 Å². The Hall–Kier alpha value is -1.72. The molecule has 1 aliphatic heterocycles. The largest absolute Gasteiger partial charge is 0.481 e. The second kappa shape index (κ2) is 7.12. The molecule has 1 saturated heterocycles. The first kappa shape index (κ1) is 19.1. The van der Waals surface area contributed by atoms with Crippen molar-refractivity contribution in [2.75, 3.05) is 18.0 Å². The Balaban J connectivity index is 1.63. The number of aliphatic carboxylic acids is 1. The summed E-state index contributed by atoms with van der Waals surface area (Å²) in [5, 5.41) is 8.94. The van der Waals surface area contributed by atoms with E-state index in [2.05, 4.69) is 0 Å². The minimum Gasteiger partial charge on any atom is -0.481 e. The zero-order valence-electron chi connectivity index (χ0n) is 15.1. The van der Waals surface area contributed by atoms with Crippen LogP contribution in [0.15, 0.2) is 18.2 Å². The highest BCUT2D eigenvalue weighted by molar-refractivity contribution is 5.67. The van der Waals surface area contributed by atoms with Crippen molar-refractivity contribution < 1.29 is 23.1 Å². The molecule has 0 amide bonds. The third kappa shape index (κ3) is 4.33. The molecule has 0 unspecified atom stereocenters. The average Bonchev–Trinajstić information content (AvgIpc) is 2.56. The molecule has 144 valence electrons. The van der Waals surface area contributed by atoms with Crippen LogP contribution in [0.2, 0.25) is 0 Å². The first-order valence-corrected chi connectivity index (χ1v) is 9.33. The van der Waals surface area contributed by atoms with Crippen LogP contribution in [0.4, 0.5) is 18.9 Å². The molecular weight excluding hydrogens is 343 g/mol. The van der Waals surface area contributed by atoms with Crippen molar-refractivity contribution in [2.24, 2.45) is 11.3 Å². The molecule has 1 spiro atoms. The van der Waals surface area contributed by atoms with Crippen molar-refractivity contribution in [3.05, 3.63) is 29.6 Å². The molecule has 2 fully saturated rings. The minimum absolute atomic E-state index is 0.232. The Morgan fingerprint density at radius 3 is 2.35 bits per heavy atom. The van der Waals surface area contributed by atoms with E-state index >= 15 is 0 Å². The zero-order chi connectivity index (χ0) is 18.9. The number of hydrogen-bond donors (Lipinski definition) is 1. The van der Waals surface area contributed by atoms with Crippen molar-refractivity contribution in [3.63, 3.8) is 0 Å². The molecule has 0 bridgehead atoms. The van der Waals surface area contributed by atoms with Gasteiger partial charge in [0, 0.05) is 37.7 Å². The predicted molar refractivity (Wildman–Crippen MR) is 94.1 cm³/mol. The fraction of sp³-hybridized carbons (Fsp3) is 0.650. The van der Waals surface area contributed by atoms with Gasteiger partial charge in [0.05, 0.1) is 0 Å². The van der Waals surface area contributed by atoms with Gasteiger partial charge in [-0.2, -0.15) is 0 Å². The maximum Gasteiger partial charge on any atom is 0.303 e. The van der Waals surface area contributed by atoms with Gasteiger partial charge in [-0.25, -0.2) is 13.2 Å². The van der Waals surface area contributed by atoms with Crippen LogP contribution < -0.4 is 4.90 Å². The van der Waals surface area contributed by atoms with Crippen LogP contribution in [0.3, 0.4) is 0 Å². The third-order valence-electron chi connectivity index (χ3n) is 6.21. The van der Waals surface area contributed by atoms with Gasteiger partial charge >= 0.3 is 5.97 Å². The molecule has 2 aliphatic rings. The number of benzene rings is 1. The summed E-state index contributed by atoms with van der Waals surface area (Å²) in [6.07, 6.45) is 6.08. The summed E-state index contributed by atoms with van der Waals surface area (Å²) in [7, 11) is 0. The van der Waals surface area contributed by atoms with Crippen LogP contribution >= 0.6 is 0 Å². The Bertz CT molecular complexity index is 654. The van der Waals surface area contributed by atoms with Crippen LogP contribution in [-0.4, -0.2) is 24.2 Å². The molecule has 1 heterocycles. The number of carbonyl (C=O) groups is 1. The number of alkyl halides is 2. The first-order chi connectivity index (χ1) is 12.2. The normalized spacial score (nSPS) is 21.2. The lowest BCUT2D eigenvalue weighted by Gasteiger charge is -2.46. The number of halogens is 3. The quantitative estimate of drug-likeness (QED) is 0.794. The second-order valence-corrected chi connectivity index (χ2v) is 8.11. The van der Waals surface area contributed by atoms with E-state index in [9.17, 15) is 18.0 Å². The molecule has 1 aliphatic carbocycles. The van der Waals surface area contributed by atoms with Gasteiger partial charge in [0.1, 0.15) is 5.82 Å². The molecular formula is C20H26F3NO2.